The van der Waals surface area contributed by atoms with E-state index in [9.17, 15) is 13.2 Å². The molecular formula is C19H25F3N4S. The zero-order valence-electron chi connectivity index (χ0n) is 15.2. The van der Waals surface area contributed by atoms with Crippen LogP contribution in [0.5, 0.6) is 0 Å². The highest BCUT2D eigenvalue weighted by molar-refractivity contribution is 8.01. The molecule has 1 atom stereocenters. The zero-order chi connectivity index (χ0) is 19.9. The molecule has 2 rings (SSSR count). The Morgan fingerprint density at radius 3 is 2.81 bits per heavy atom. The molecule has 1 aromatic rings. The normalized spacial score (nSPS) is 17.6. The van der Waals surface area contributed by atoms with E-state index in [1.165, 1.54) is 29.1 Å². The molecule has 0 saturated carbocycles. The molecule has 5 N–H and O–H groups in total. The van der Waals surface area contributed by atoms with Crippen molar-refractivity contribution < 1.29 is 13.2 Å². The fourth-order valence-corrected chi connectivity index (χ4v) is 3.42. The number of anilines is 1. The number of allylic oxidation sites excluding steroid dienone is 3. The number of hydrazine groups is 1. The third kappa shape index (κ3) is 6.55. The van der Waals surface area contributed by atoms with E-state index >= 15 is 0 Å². The van der Waals surface area contributed by atoms with E-state index in [-0.39, 0.29) is 10.9 Å². The molecule has 0 saturated heterocycles. The molecule has 0 fully saturated rings. The van der Waals surface area contributed by atoms with Gasteiger partial charge in [0.15, 0.2) is 0 Å². The lowest BCUT2D eigenvalue weighted by Gasteiger charge is -2.23. The van der Waals surface area contributed by atoms with Gasteiger partial charge in [0.2, 0.25) is 0 Å². The van der Waals surface area contributed by atoms with Crippen molar-refractivity contribution in [2.45, 2.75) is 44.0 Å². The van der Waals surface area contributed by atoms with Gasteiger partial charge >= 0.3 is 6.18 Å². The molecule has 0 heterocycles. The second-order valence-electron chi connectivity index (χ2n) is 6.25. The summed E-state index contributed by atoms with van der Waals surface area (Å²) in [5.41, 5.74) is 6.78. The highest BCUT2D eigenvalue weighted by atomic mass is 32.2. The molecule has 1 aliphatic carbocycles. The van der Waals surface area contributed by atoms with Crippen molar-refractivity contribution in [2.24, 2.45) is 11.6 Å². The molecule has 1 aliphatic rings. The fourth-order valence-electron chi connectivity index (χ4n) is 2.55. The van der Waals surface area contributed by atoms with Gasteiger partial charge in [-0.1, -0.05) is 31.6 Å². The largest absolute Gasteiger partial charge is 0.418 e. The molecule has 0 bridgehead atoms. The highest BCUT2D eigenvalue weighted by Crippen LogP contribution is 2.36. The first-order valence-electron chi connectivity index (χ1n) is 8.77. The number of para-hydroxylation sites is 1. The van der Waals surface area contributed by atoms with Crippen LogP contribution in [-0.4, -0.2) is 10.3 Å². The number of nitrogens with two attached hydrogens (primary N) is 2. The molecule has 0 radical (unpaired) electrons. The van der Waals surface area contributed by atoms with Crippen LogP contribution in [0.2, 0.25) is 0 Å². The van der Waals surface area contributed by atoms with Crippen molar-refractivity contribution >= 4 is 17.6 Å². The lowest BCUT2D eigenvalue weighted by molar-refractivity contribution is -0.136. The van der Waals surface area contributed by atoms with Crippen LogP contribution in [-0.2, 0) is 6.18 Å². The third-order valence-electron chi connectivity index (χ3n) is 3.99. The van der Waals surface area contributed by atoms with Gasteiger partial charge in [0.1, 0.15) is 0 Å². The summed E-state index contributed by atoms with van der Waals surface area (Å²) in [6.45, 7) is 2.09. The van der Waals surface area contributed by atoms with E-state index in [1.54, 1.807) is 12.3 Å². The number of hydrogen-bond donors (Lipinski definition) is 3. The second-order valence-corrected chi connectivity index (χ2v) is 7.29. The Kier molecular flexibility index (Phi) is 7.67. The lowest BCUT2D eigenvalue weighted by atomic mass is 10.1. The minimum atomic E-state index is -4.40. The Morgan fingerprint density at radius 2 is 2.11 bits per heavy atom. The number of halogens is 3. The van der Waals surface area contributed by atoms with Crippen LogP contribution in [0.3, 0.4) is 0 Å². The quantitative estimate of drug-likeness (QED) is 0.321. The van der Waals surface area contributed by atoms with E-state index in [2.05, 4.69) is 11.6 Å². The predicted molar refractivity (Wildman–Crippen MR) is 106 cm³/mol. The van der Waals surface area contributed by atoms with E-state index < -0.39 is 11.7 Å². The summed E-state index contributed by atoms with van der Waals surface area (Å²) in [5, 5.41) is 1.40. The second kappa shape index (κ2) is 9.75. The summed E-state index contributed by atoms with van der Waals surface area (Å²) in [5.74, 6) is 6.05. The number of nitrogens with zero attached hydrogens (tertiary/aromatic N) is 1. The number of benzene rings is 1. The molecule has 0 spiro atoms. The topological polar surface area (TPSA) is 67.3 Å². The molecule has 27 heavy (non-hydrogen) atoms. The Morgan fingerprint density at radius 1 is 1.37 bits per heavy atom. The summed E-state index contributed by atoms with van der Waals surface area (Å²) < 4.78 is 42.1. The molecule has 1 unspecified atom stereocenters. The smallest absolute Gasteiger partial charge is 0.401 e. The lowest BCUT2D eigenvalue weighted by Crippen LogP contribution is -2.27. The summed E-state index contributed by atoms with van der Waals surface area (Å²) in [7, 11) is 0. The van der Waals surface area contributed by atoms with Crippen LogP contribution in [0.15, 0.2) is 60.1 Å². The average Bonchev–Trinajstić information content (AvgIpc) is 2.64. The third-order valence-corrected chi connectivity index (χ3v) is 4.96. The summed E-state index contributed by atoms with van der Waals surface area (Å²) in [6.07, 6.45) is 6.53. The van der Waals surface area contributed by atoms with Gasteiger partial charge in [-0.05, 0) is 55.5 Å². The maximum atomic E-state index is 13.1. The van der Waals surface area contributed by atoms with Crippen molar-refractivity contribution in [3.05, 3.63) is 65.7 Å². The zero-order valence-corrected chi connectivity index (χ0v) is 16.0. The predicted octanol–water partition coefficient (Wildman–Crippen LogP) is 5.14. The van der Waals surface area contributed by atoms with Crippen LogP contribution in [0, 0.1) is 0 Å². The van der Waals surface area contributed by atoms with Gasteiger partial charge in [-0.2, -0.15) is 13.2 Å². The standard InChI is InChI=1S/C19H25F3N4S/c1-2-3-7-14(23)13-26(24)15-8-6-9-16(12-15)27-25-18-11-5-4-10-17(18)19(20,21)22/h4-6,8,10-13,16,25H,2-3,7,9,23-24H2,1H3/b14-13-. The van der Waals surface area contributed by atoms with E-state index in [0.29, 0.717) is 12.1 Å². The van der Waals surface area contributed by atoms with Crippen molar-refractivity contribution in [3.63, 3.8) is 0 Å². The Bertz CT molecular complexity index is 713. The van der Waals surface area contributed by atoms with Crippen molar-refractivity contribution in [1.29, 1.82) is 0 Å². The molecule has 0 amide bonds. The first-order valence-corrected chi connectivity index (χ1v) is 9.65. The van der Waals surface area contributed by atoms with E-state index in [4.69, 9.17) is 11.6 Å². The molecular weight excluding hydrogens is 373 g/mol. The number of nitrogens with one attached hydrogen (secondary N) is 1. The fraction of sp³-hybridized carbons (Fsp3) is 0.368. The van der Waals surface area contributed by atoms with Gasteiger partial charge in [0.25, 0.3) is 0 Å². The van der Waals surface area contributed by atoms with E-state index in [0.717, 1.165) is 31.0 Å². The average molecular weight is 398 g/mol. The highest BCUT2D eigenvalue weighted by Gasteiger charge is 2.33. The van der Waals surface area contributed by atoms with Crippen LogP contribution in [0.4, 0.5) is 18.9 Å². The van der Waals surface area contributed by atoms with E-state index in [1.807, 2.05) is 18.2 Å². The first kappa shape index (κ1) is 21.2. The molecule has 0 aromatic heterocycles. The van der Waals surface area contributed by atoms with Crippen LogP contribution >= 0.6 is 11.9 Å². The Labute approximate surface area is 162 Å². The maximum absolute atomic E-state index is 13.1. The number of alkyl halides is 3. The molecule has 4 nitrogen and oxygen atoms in total. The summed E-state index contributed by atoms with van der Waals surface area (Å²) in [6, 6.07) is 5.44. The monoisotopic (exact) mass is 398 g/mol. The van der Waals surface area contributed by atoms with Gasteiger partial charge in [-0.3, -0.25) is 5.01 Å². The summed E-state index contributed by atoms with van der Waals surface area (Å²) in [4.78, 5) is 0. The first-order chi connectivity index (χ1) is 12.8. The molecule has 0 aliphatic heterocycles. The van der Waals surface area contributed by atoms with Crippen molar-refractivity contribution in [3.8, 4) is 0 Å². The van der Waals surface area contributed by atoms with Gasteiger partial charge in [0.05, 0.1) is 16.9 Å². The van der Waals surface area contributed by atoms with Crippen molar-refractivity contribution in [2.75, 3.05) is 4.72 Å². The van der Waals surface area contributed by atoms with Gasteiger partial charge in [-0.15, -0.1) is 0 Å². The summed E-state index contributed by atoms with van der Waals surface area (Å²) >= 11 is 1.22. The SMILES string of the molecule is CCCC/C(N)=C/N(N)C1=CC(SNc2ccccc2C(F)(F)F)CC=C1. The minimum Gasteiger partial charge on any atom is -0.401 e. The Balaban J connectivity index is 2.02. The number of unbranched alkanes of at least 4 members (excludes halogenated alkanes) is 1. The van der Waals surface area contributed by atoms with Gasteiger partial charge in [-0.25, -0.2) is 5.84 Å². The van der Waals surface area contributed by atoms with Crippen LogP contribution in [0.1, 0.15) is 38.2 Å². The van der Waals surface area contributed by atoms with Crippen LogP contribution < -0.4 is 16.3 Å². The van der Waals surface area contributed by atoms with Crippen molar-refractivity contribution in [1.82, 2.24) is 5.01 Å². The van der Waals surface area contributed by atoms with Gasteiger partial charge in [0, 0.05) is 17.1 Å². The van der Waals surface area contributed by atoms with Crippen LogP contribution in [0.25, 0.3) is 0 Å². The minimum absolute atomic E-state index is 0.0489. The Hall–Kier alpha value is -2.06. The van der Waals surface area contributed by atoms with Gasteiger partial charge < -0.3 is 10.5 Å². The maximum Gasteiger partial charge on any atom is 0.418 e. The molecule has 8 heteroatoms. The number of rotatable bonds is 8. The molecule has 148 valence electrons. The molecule has 1 aromatic carbocycles. The number of hydrogen-bond acceptors (Lipinski definition) is 5.